The van der Waals surface area contributed by atoms with Crippen molar-refractivity contribution in [2.75, 3.05) is 0 Å². The van der Waals surface area contributed by atoms with Gasteiger partial charge >= 0.3 is 0 Å². The first-order valence-electron chi connectivity index (χ1n) is 7.86. The number of hydrogen-bond donors (Lipinski definition) is 1. The number of aromatic nitrogens is 5. The van der Waals surface area contributed by atoms with Crippen LogP contribution >= 0.6 is 34.5 Å². The van der Waals surface area contributed by atoms with Crippen molar-refractivity contribution < 1.29 is 0 Å². The van der Waals surface area contributed by atoms with E-state index in [2.05, 4.69) is 10.1 Å². The van der Waals surface area contributed by atoms with E-state index in [9.17, 15) is 0 Å². The zero-order valence-electron chi connectivity index (χ0n) is 13.5. The van der Waals surface area contributed by atoms with Crippen LogP contribution in [0, 0.1) is 6.92 Å². The van der Waals surface area contributed by atoms with Crippen LogP contribution in [-0.2, 0) is 0 Å². The van der Waals surface area contributed by atoms with Gasteiger partial charge in [-0.3, -0.25) is 0 Å². The number of halogens is 2. The molecule has 5 aromatic rings. The van der Waals surface area contributed by atoms with Crippen molar-refractivity contribution in [2.24, 2.45) is 0 Å². The lowest BCUT2D eigenvalue weighted by molar-refractivity contribution is 0.945. The quantitative estimate of drug-likeness (QED) is 0.419. The zero-order valence-corrected chi connectivity index (χ0v) is 15.8. The molecule has 1 N–H and O–H groups in total. The number of aryl methyl sites for hydroxylation is 1. The Morgan fingerprint density at radius 1 is 1.00 bits per heavy atom. The normalized spacial score (nSPS) is 11.7. The Hall–Kier alpha value is -2.41. The minimum absolute atomic E-state index is 0.661. The first-order chi connectivity index (χ1) is 12.6. The predicted molar refractivity (Wildman–Crippen MR) is 106 cm³/mol. The molecule has 0 aliphatic heterocycles. The molecule has 0 fully saturated rings. The van der Waals surface area contributed by atoms with Gasteiger partial charge in [-0.25, -0.2) is 9.97 Å². The summed E-state index contributed by atoms with van der Waals surface area (Å²) >= 11 is 13.7. The molecule has 0 radical (unpaired) electrons. The summed E-state index contributed by atoms with van der Waals surface area (Å²) in [5.74, 6) is 0.699. The van der Waals surface area contributed by atoms with E-state index in [1.807, 2.05) is 53.9 Å². The highest BCUT2D eigenvalue weighted by atomic mass is 35.5. The average molecular weight is 400 g/mol. The third-order valence-corrected chi connectivity index (χ3v) is 5.40. The van der Waals surface area contributed by atoms with Crippen molar-refractivity contribution in [1.29, 1.82) is 0 Å². The van der Waals surface area contributed by atoms with Gasteiger partial charge in [0.15, 0.2) is 5.82 Å². The van der Waals surface area contributed by atoms with Gasteiger partial charge in [-0.2, -0.15) is 9.61 Å². The lowest BCUT2D eigenvalue weighted by atomic mass is 10.1. The Kier molecular flexibility index (Phi) is 3.53. The molecule has 0 saturated heterocycles. The molecule has 3 aromatic heterocycles. The molecule has 26 heavy (non-hydrogen) atoms. The van der Waals surface area contributed by atoms with Gasteiger partial charge < -0.3 is 4.98 Å². The molecule has 0 atom stereocenters. The van der Waals surface area contributed by atoms with E-state index in [0.717, 1.165) is 38.0 Å². The topological polar surface area (TPSA) is 58.9 Å². The van der Waals surface area contributed by atoms with Gasteiger partial charge in [-0.15, -0.1) is 0 Å². The Morgan fingerprint density at radius 3 is 2.58 bits per heavy atom. The van der Waals surface area contributed by atoms with Crippen LogP contribution in [0.15, 0.2) is 42.5 Å². The second-order valence-electron chi connectivity index (χ2n) is 5.88. The molecule has 0 spiro atoms. The molecule has 0 aliphatic carbocycles. The van der Waals surface area contributed by atoms with Crippen molar-refractivity contribution in [1.82, 2.24) is 24.6 Å². The molecule has 3 heterocycles. The smallest absolute Gasteiger partial charge is 0.213 e. The Morgan fingerprint density at radius 2 is 1.77 bits per heavy atom. The largest absolute Gasteiger partial charge is 0.337 e. The van der Waals surface area contributed by atoms with Crippen LogP contribution in [0.1, 0.15) is 5.01 Å². The fraction of sp³-hybridized carbons (Fsp3) is 0.0556. The van der Waals surface area contributed by atoms with E-state index in [1.54, 1.807) is 11.3 Å². The molecule has 5 nitrogen and oxygen atoms in total. The van der Waals surface area contributed by atoms with Crippen LogP contribution in [0.4, 0.5) is 0 Å². The van der Waals surface area contributed by atoms with E-state index < -0.39 is 0 Å². The van der Waals surface area contributed by atoms with Crippen LogP contribution in [-0.4, -0.2) is 24.6 Å². The lowest BCUT2D eigenvalue weighted by Gasteiger charge is -2.01. The summed E-state index contributed by atoms with van der Waals surface area (Å²) in [6.45, 7) is 1.96. The van der Waals surface area contributed by atoms with Crippen molar-refractivity contribution in [3.05, 3.63) is 57.5 Å². The first kappa shape index (κ1) is 15.8. The summed E-state index contributed by atoms with van der Waals surface area (Å²) in [7, 11) is 0. The summed E-state index contributed by atoms with van der Waals surface area (Å²) in [4.78, 5) is 13.7. The highest BCUT2D eigenvalue weighted by Crippen LogP contribution is 2.34. The molecular weight excluding hydrogens is 389 g/mol. The lowest BCUT2D eigenvalue weighted by Crippen LogP contribution is -1.93. The van der Waals surface area contributed by atoms with Crippen LogP contribution in [0.3, 0.4) is 0 Å². The number of aromatic amines is 1. The number of nitrogens with one attached hydrogen (secondary N) is 1. The van der Waals surface area contributed by atoms with Crippen molar-refractivity contribution in [2.45, 2.75) is 6.92 Å². The third kappa shape index (κ3) is 2.49. The van der Waals surface area contributed by atoms with Gasteiger partial charge in [0, 0.05) is 15.6 Å². The number of hydrogen-bond acceptors (Lipinski definition) is 4. The maximum Gasteiger partial charge on any atom is 0.213 e. The highest BCUT2D eigenvalue weighted by molar-refractivity contribution is 7.16. The maximum absolute atomic E-state index is 6.10. The minimum Gasteiger partial charge on any atom is -0.337 e. The Labute approximate surface area is 162 Å². The summed E-state index contributed by atoms with van der Waals surface area (Å²) in [6.07, 6.45) is 0. The number of benzene rings is 2. The van der Waals surface area contributed by atoms with E-state index in [4.69, 9.17) is 33.2 Å². The van der Waals surface area contributed by atoms with Gasteiger partial charge in [0.05, 0.1) is 11.0 Å². The number of nitrogens with zero attached hydrogens (tertiary/aromatic N) is 4. The van der Waals surface area contributed by atoms with Crippen molar-refractivity contribution in [3.63, 3.8) is 0 Å². The summed E-state index contributed by atoms with van der Waals surface area (Å²) in [5.41, 5.74) is 4.30. The maximum atomic E-state index is 6.10. The fourth-order valence-electron chi connectivity index (χ4n) is 2.96. The predicted octanol–water partition coefficient (Wildman–Crippen LogP) is 5.62. The van der Waals surface area contributed by atoms with E-state index in [-0.39, 0.29) is 0 Å². The molecule has 0 saturated carbocycles. The molecule has 5 rings (SSSR count). The van der Waals surface area contributed by atoms with E-state index >= 15 is 0 Å². The number of H-pyrrole nitrogens is 1. The fourth-order valence-corrected chi connectivity index (χ4v) is 4.00. The zero-order chi connectivity index (χ0) is 17.8. The first-order valence-corrected chi connectivity index (χ1v) is 9.43. The molecular formula is C18H11Cl2N5S. The SMILES string of the molecule is Cc1nn2c(-c3nc4ccc(Cl)cc4[nH]3)c(-c3ccc(Cl)cc3)nc2s1. The molecule has 2 aromatic carbocycles. The number of imidazole rings is 2. The highest BCUT2D eigenvalue weighted by Gasteiger charge is 2.21. The summed E-state index contributed by atoms with van der Waals surface area (Å²) < 4.78 is 1.84. The monoisotopic (exact) mass is 399 g/mol. The third-order valence-electron chi connectivity index (χ3n) is 4.09. The van der Waals surface area contributed by atoms with Crippen LogP contribution in [0.5, 0.6) is 0 Å². The Bertz CT molecular complexity index is 1270. The standard InChI is InChI=1S/C18H11Cl2N5S/c1-9-24-25-16(17-21-13-7-6-12(20)8-14(13)22-17)15(23-18(25)26-9)10-2-4-11(19)5-3-10/h2-8H,1H3,(H,21,22). The molecule has 0 amide bonds. The van der Waals surface area contributed by atoms with E-state index in [0.29, 0.717) is 15.9 Å². The number of fused-ring (bicyclic) bond motifs is 2. The number of rotatable bonds is 2. The molecule has 128 valence electrons. The van der Waals surface area contributed by atoms with Gasteiger partial charge in [0.2, 0.25) is 4.96 Å². The van der Waals surface area contributed by atoms with Crippen LogP contribution < -0.4 is 0 Å². The Balaban J connectivity index is 1.81. The molecule has 0 aliphatic rings. The van der Waals surface area contributed by atoms with Gasteiger partial charge in [0.25, 0.3) is 0 Å². The van der Waals surface area contributed by atoms with Crippen LogP contribution in [0.25, 0.3) is 38.8 Å². The van der Waals surface area contributed by atoms with E-state index in [1.165, 1.54) is 0 Å². The van der Waals surface area contributed by atoms with Crippen LogP contribution in [0.2, 0.25) is 10.0 Å². The average Bonchev–Trinajstić information content (AvgIpc) is 3.26. The molecule has 8 heteroatoms. The van der Waals surface area contributed by atoms with Gasteiger partial charge in [-0.1, -0.05) is 46.7 Å². The van der Waals surface area contributed by atoms with Crippen molar-refractivity contribution >= 4 is 50.5 Å². The minimum atomic E-state index is 0.661. The summed E-state index contributed by atoms with van der Waals surface area (Å²) in [5, 5.41) is 6.89. The van der Waals surface area contributed by atoms with Crippen molar-refractivity contribution in [3.8, 4) is 22.8 Å². The molecule has 0 unspecified atom stereocenters. The second kappa shape index (κ2) is 5.81. The van der Waals surface area contributed by atoms with Gasteiger partial charge in [0.1, 0.15) is 16.4 Å². The summed E-state index contributed by atoms with van der Waals surface area (Å²) in [6, 6.07) is 13.2. The molecule has 0 bridgehead atoms. The second-order valence-corrected chi connectivity index (χ2v) is 7.91. The van der Waals surface area contributed by atoms with Gasteiger partial charge in [-0.05, 0) is 37.3 Å².